The SMILES string of the molecule is O=C1N[C@H]2[C@H](Cc3ccccc3O)c3ccccc3CN2c2ccccc21. The summed E-state index contributed by atoms with van der Waals surface area (Å²) in [7, 11) is 0. The molecule has 0 radical (unpaired) electrons. The highest BCUT2D eigenvalue weighted by atomic mass is 16.3. The number of amides is 1. The Morgan fingerprint density at radius 2 is 1.70 bits per heavy atom. The molecule has 0 unspecified atom stereocenters. The summed E-state index contributed by atoms with van der Waals surface area (Å²) in [6, 6.07) is 23.6. The smallest absolute Gasteiger partial charge is 0.254 e. The van der Waals surface area contributed by atoms with Crippen molar-refractivity contribution in [3.63, 3.8) is 0 Å². The molecule has 0 spiro atoms. The number of rotatable bonds is 2. The predicted molar refractivity (Wildman–Crippen MR) is 105 cm³/mol. The average molecular weight is 356 g/mol. The molecule has 2 atom stereocenters. The van der Waals surface area contributed by atoms with Gasteiger partial charge < -0.3 is 15.3 Å². The Labute approximate surface area is 158 Å². The number of hydrogen-bond donors (Lipinski definition) is 2. The lowest BCUT2D eigenvalue weighted by Crippen LogP contribution is -2.57. The van der Waals surface area contributed by atoms with Crippen LogP contribution in [0, 0.1) is 0 Å². The lowest BCUT2D eigenvalue weighted by Gasteiger charge is -2.47. The fourth-order valence-corrected chi connectivity index (χ4v) is 4.39. The summed E-state index contributed by atoms with van der Waals surface area (Å²) in [6.45, 7) is 0.759. The van der Waals surface area contributed by atoms with Crippen LogP contribution >= 0.6 is 0 Å². The molecule has 2 heterocycles. The van der Waals surface area contributed by atoms with Crippen LogP contribution in [0.5, 0.6) is 5.75 Å². The van der Waals surface area contributed by atoms with Crippen molar-refractivity contribution in [1.29, 1.82) is 0 Å². The summed E-state index contributed by atoms with van der Waals surface area (Å²) in [4.78, 5) is 15.0. The highest BCUT2D eigenvalue weighted by Gasteiger charge is 2.40. The summed E-state index contributed by atoms with van der Waals surface area (Å²) in [6.07, 6.45) is 0.523. The Morgan fingerprint density at radius 1 is 0.963 bits per heavy atom. The standard InChI is InChI=1S/C23H20N2O2/c26-21-12-6-2-7-15(21)13-19-17-9-3-1-8-16(17)14-25-20-11-5-4-10-18(20)23(27)24-22(19)25/h1-12,19,22,26H,13-14H2,(H,24,27)/t19-,22-/m1/s1. The zero-order chi connectivity index (χ0) is 18.4. The first-order chi connectivity index (χ1) is 13.2. The molecule has 1 amide bonds. The second-order valence-corrected chi connectivity index (χ2v) is 7.20. The molecule has 2 N–H and O–H groups in total. The maximum Gasteiger partial charge on any atom is 0.254 e. The number of anilines is 1. The fraction of sp³-hybridized carbons (Fsp3) is 0.174. The lowest BCUT2D eigenvalue weighted by molar-refractivity contribution is 0.0916. The van der Waals surface area contributed by atoms with Crippen LogP contribution in [-0.2, 0) is 13.0 Å². The first-order valence-electron chi connectivity index (χ1n) is 9.23. The zero-order valence-electron chi connectivity index (χ0n) is 14.8. The molecule has 0 saturated heterocycles. The number of hydrogen-bond acceptors (Lipinski definition) is 3. The third-order valence-corrected chi connectivity index (χ3v) is 5.68. The molecular formula is C23H20N2O2. The van der Waals surface area contributed by atoms with Crippen molar-refractivity contribution in [2.75, 3.05) is 4.90 Å². The van der Waals surface area contributed by atoms with E-state index in [2.05, 4.69) is 28.4 Å². The number of para-hydroxylation sites is 2. The van der Waals surface area contributed by atoms with Crippen molar-refractivity contribution in [3.8, 4) is 5.75 Å². The van der Waals surface area contributed by atoms with Crippen LogP contribution in [-0.4, -0.2) is 17.2 Å². The third kappa shape index (κ3) is 2.56. The number of carbonyl (C=O) groups excluding carboxylic acids is 1. The largest absolute Gasteiger partial charge is 0.508 e. The first-order valence-corrected chi connectivity index (χ1v) is 9.23. The van der Waals surface area contributed by atoms with Gasteiger partial charge in [0.05, 0.1) is 11.3 Å². The van der Waals surface area contributed by atoms with Gasteiger partial charge in [0, 0.05) is 12.5 Å². The second kappa shape index (κ2) is 6.16. The fourth-order valence-electron chi connectivity index (χ4n) is 4.39. The molecule has 5 rings (SSSR count). The number of phenolic OH excluding ortho intramolecular Hbond substituents is 1. The zero-order valence-corrected chi connectivity index (χ0v) is 14.8. The van der Waals surface area contributed by atoms with Crippen LogP contribution in [0.4, 0.5) is 5.69 Å². The van der Waals surface area contributed by atoms with Crippen LogP contribution in [0.15, 0.2) is 72.8 Å². The van der Waals surface area contributed by atoms with Gasteiger partial charge in [0.1, 0.15) is 11.9 Å². The Bertz CT molecular complexity index is 1030. The molecule has 134 valence electrons. The molecule has 0 saturated carbocycles. The van der Waals surface area contributed by atoms with Crippen molar-refractivity contribution in [1.82, 2.24) is 5.32 Å². The van der Waals surface area contributed by atoms with E-state index in [4.69, 9.17) is 0 Å². The average Bonchev–Trinajstić information content (AvgIpc) is 2.70. The molecule has 4 heteroatoms. The molecule has 0 bridgehead atoms. The van der Waals surface area contributed by atoms with E-state index in [1.807, 2.05) is 48.5 Å². The molecule has 2 aliphatic heterocycles. The van der Waals surface area contributed by atoms with E-state index in [-0.39, 0.29) is 18.0 Å². The van der Waals surface area contributed by atoms with Gasteiger partial charge in [-0.1, -0.05) is 54.6 Å². The molecule has 0 fully saturated rings. The summed E-state index contributed by atoms with van der Waals surface area (Å²) in [5.41, 5.74) is 5.09. The highest BCUT2D eigenvalue weighted by molar-refractivity contribution is 6.02. The Kier molecular flexibility index (Phi) is 3.64. The van der Waals surface area contributed by atoms with Gasteiger partial charge >= 0.3 is 0 Å². The minimum absolute atomic E-state index is 0.0338. The van der Waals surface area contributed by atoms with Crippen molar-refractivity contribution in [2.24, 2.45) is 0 Å². The number of fused-ring (bicyclic) bond motifs is 4. The number of benzene rings is 3. The van der Waals surface area contributed by atoms with Crippen LogP contribution in [0.2, 0.25) is 0 Å². The molecule has 0 aliphatic carbocycles. The number of carbonyl (C=O) groups is 1. The van der Waals surface area contributed by atoms with Gasteiger partial charge in [0.25, 0.3) is 5.91 Å². The number of nitrogens with zero attached hydrogens (tertiary/aromatic N) is 1. The minimum atomic E-state index is -0.137. The molecule has 27 heavy (non-hydrogen) atoms. The molecular weight excluding hydrogens is 336 g/mol. The van der Waals surface area contributed by atoms with Crippen molar-refractivity contribution < 1.29 is 9.90 Å². The number of aromatic hydroxyl groups is 1. The minimum Gasteiger partial charge on any atom is -0.508 e. The Hall–Kier alpha value is -3.27. The van der Waals surface area contributed by atoms with Gasteiger partial charge in [0.2, 0.25) is 0 Å². The van der Waals surface area contributed by atoms with Gasteiger partial charge in [-0.05, 0) is 41.3 Å². The van der Waals surface area contributed by atoms with Crippen molar-refractivity contribution in [3.05, 3.63) is 95.1 Å². The van der Waals surface area contributed by atoms with E-state index >= 15 is 0 Å². The van der Waals surface area contributed by atoms with Crippen LogP contribution < -0.4 is 10.2 Å². The number of phenols is 1. The van der Waals surface area contributed by atoms with Crippen LogP contribution in [0.25, 0.3) is 0 Å². The summed E-state index contributed by atoms with van der Waals surface area (Å²) in [5, 5.41) is 13.5. The molecule has 3 aromatic carbocycles. The van der Waals surface area contributed by atoms with Gasteiger partial charge in [-0.15, -0.1) is 0 Å². The lowest BCUT2D eigenvalue weighted by atomic mass is 9.81. The van der Waals surface area contributed by atoms with Gasteiger partial charge in [-0.2, -0.15) is 0 Å². The van der Waals surface area contributed by atoms with E-state index in [0.29, 0.717) is 12.2 Å². The predicted octanol–water partition coefficient (Wildman–Crippen LogP) is 3.81. The van der Waals surface area contributed by atoms with Gasteiger partial charge in [-0.3, -0.25) is 4.79 Å². The van der Waals surface area contributed by atoms with E-state index < -0.39 is 0 Å². The highest BCUT2D eigenvalue weighted by Crippen LogP contribution is 2.41. The second-order valence-electron chi connectivity index (χ2n) is 7.20. The van der Waals surface area contributed by atoms with Crippen molar-refractivity contribution in [2.45, 2.75) is 25.0 Å². The number of nitrogens with one attached hydrogen (secondary N) is 1. The normalized spacial score (nSPS) is 20.3. The Balaban J connectivity index is 1.63. The molecule has 0 aromatic heterocycles. The van der Waals surface area contributed by atoms with Gasteiger partial charge in [0.15, 0.2) is 0 Å². The van der Waals surface area contributed by atoms with Crippen LogP contribution in [0.3, 0.4) is 0 Å². The monoisotopic (exact) mass is 356 g/mol. The maximum absolute atomic E-state index is 12.7. The van der Waals surface area contributed by atoms with Gasteiger partial charge in [-0.25, -0.2) is 0 Å². The first kappa shape index (κ1) is 15.9. The summed E-state index contributed by atoms with van der Waals surface area (Å²) in [5.74, 6) is 0.323. The molecule has 4 nitrogen and oxygen atoms in total. The van der Waals surface area contributed by atoms with Crippen LogP contribution in [0.1, 0.15) is 33.0 Å². The van der Waals surface area contributed by atoms with E-state index in [0.717, 1.165) is 23.4 Å². The maximum atomic E-state index is 12.7. The molecule has 2 aliphatic rings. The topological polar surface area (TPSA) is 52.6 Å². The summed E-state index contributed by atoms with van der Waals surface area (Å²) < 4.78 is 0. The van der Waals surface area contributed by atoms with E-state index in [9.17, 15) is 9.90 Å². The van der Waals surface area contributed by atoms with Crippen molar-refractivity contribution >= 4 is 11.6 Å². The van der Waals surface area contributed by atoms with E-state index in [1.54, 1.807) is 6.07 Å². The molecule has 3 aromatic rings. The quantitative estimate of drug-likeness (QED) is 0.734. The Morgan fingerprint density at radius 3 is 2.59 bits per heavy atom. The third-order valence-electron chi connectivity index (χ3n) is 5.68. The summed E-state index contributed by atoms with van der Waals surface area (Å²) >= 11 is 0. The van der Waals surface area contributed by atoms with E-state index in [1.165, 1.54) is 11.1 Å².